The van der Waals surface area contributed by atoms with Crippen molar-refractivity contribution in [2.75, 3.05) is 0 Å². The van der Waals surface area contributed by atoms with E-state index in [0.29, 0.717) is 11.5 Å². The Morgan fingerprint density at radius 1 is 1.36 bits per heavy atom. The van der Waals surface area contributed by atoms with Crippen molar-refractivity contribution in [2.45, 2.75) is 39.3 Å². The third-order valence-electron chi connectivity index (χ3n) is 2.81. The molecular weight excluding hydrogens is 174 g/mol. The minimum absolute atomic E-state index is 0.546. The van der Waals surface area contributed by atoms with Crippen molar-refractivity contribution in [3.05, 3.63) is 24.3 Å². The van der Waals surface area contributed by atoms with Crippen LogP contribution in [0.1, 0.15) is 32.3 Å². The Bertz CT molecular complexity index is 287. The Morgan fingerprint density at radius 2 is 2.00 bits per heavy atom. The van der Waals surface area contributed by atoms with E-state index in [1.807, 2.05) is 12.4 Å². The van der Waals surface area contributed by atoms with Gasteiger partial charge < -0.3 is 5.32 Å². The molecule has 0 spiro atoms. The van der Waals surface area contributed by atoms with E-state index < -0.39 is 0 Å². The molecule has 1 fully saturated rings. The van der Waals surface area contributed by atoms with Gasteiger partial charge in [-0.2, -0.15) is 0 Å². The van der Waals surface area contributed by atoms with Crippen molar-refractivity contribution in [3.8, 4) is 0 Å². The summed E-state index contributed by atoms with van der Waals surface area (Å²) in [4.78, 5) is 7.97. The second-order valence-electron chi connectivity index (χ2n) is 4.90. The third kappa shape index (κ3) is 2.29. The number of nitrogens with zero attached hydrogens (tertiary/aromatic N) is 2. The van der Waals surface area contributed by atoms with E-state index in [9.17, 15) is 0 Å². The predicted molar refractivity (Wildman–Crippen MR) is 55.7 cm³/mol. The first-order valence-electron chi connectivity index (χ1n) is 5.13. The lowest BCUT2D eigenvalue weighted by molar-refractivity contribution is 0.125. The van der Waals surface area contributed by atoms with E-state index in [-0.39, 0.29) is 0 Å². The molecule has 76 valence electrons. The van der Waals surface area contributed by atoms with Crippen LogP contribution < -0.4 is 5.32 Å². The number of nitrogens with one attached hydrogen (secondary N) is 1. The molecule has 0 radical (unpaired) electrons. The van der Waals surface area contributed by atoms with E-state index in [1.54, 1.807) is 6.33 Å². The fourth-order valence-corrected chi connectivity index (χ4v) is 2.10. The standard InChI is InChI=1S/C11H17N3/c1-11(2)3-10(4-11)14-7-9-5-12-8-13-6-9/h5-6,8,10,14H,3-4,7H2,1-2H3. The summed E-state index contributed by atoms with van der Waals surface area (Å²) in [5, 5.41) is 3.51. The van der Waals surface area contributed by atoms with E-state index in [1.165, 1.54) is 12.8 Å². The summed E-state index contributed by atoms with van der Waals surface area (Å²) in [5.41, 5.74) is 1.71. The highest BCUT2D eigenvalue weighted by Gasteiger charge is 2.35. The minimum Gasteiger partial charge on any atom is -0.310 e. The molecule has 1 aromatic rings. The number of hydrogen-bond acceptors (Lipinski definition) is 3. The topological polar surface area (TPSA) is 37.8 Å². The summed E-state index contributed by atoms with van der Waals surface area (Å²) in [6, 6.07) is 0.685. The summed E-state index contributed by atoms with van der Waals surface area (Å²) < 4.78 is 0. The zero-order valence-corrected chi connectivity index (χ0v) is 8.83. The quantitative estimate of drug-likeness (QED) is 0.791. The molecule has 1 heterocycles. The SMILES string of the molecule is CC1(C)CC(NCc2cncnc2)C1. The lowest BCUT2D eigenvalue weighted by Gasteiger charge is -2.43. The second kappa shape index (κ2) is 3.65. The highest BCUT2D eigenvalue weighted by molar-refractivity contribution is 5.03. The summed E-state index contributed by atoms with van der Waals surface area (Å²) in [6.45, 7) is 5.52. The van der Waals surface area contributed by atoms with Gasteiger partial charge in [-0.25, -0.2) is 9.97 Å². The molecule has 3 heteroatoms. The van der Waals surface area contributed by atoms with Crippen LogP contribution in [0.3, 0.4) is 0 Å². The van der Waals surface area contributed by atoms with Gasteiger partial charge in [-0.15, -0.1) is 0 Å². The number of hydrogen-bond donors (Lipinski definition) is 1. The smallest absolute Gasteiger partial charge is 0.115 e. The van der Waals surface area contributed by atoms with Gasteiger partial charge in [0.1, 0.15) is 6.33 Å². The van der Waals surface area contributed by atoms with E-state index in [0.717, 1.165) is 12.1 Å². The fourth-order valence-electron chi connectivity index (χ4n) is 2.10. The van der Waals surface area contributed by atoms with Crippen LogP contribution in [-0.2, 0) is 6.54 Å². The van der Waals surface area contributed by atoms with Gasteiger partial charge in [-0.05, 0) is 18.3 Å². The van der Waals surface area contributed by atoms with Crippen LogP contribution in [0.5, 0.6) is 0 Å². The molecule has 1 aliphatic rings. The predicted octanol–water partition coefficient (Wildman–Crippen LogP) is 1.75. The van der Waals surface area contributed by atoms with Gasteiger partial charge in [0, 0.05) is 30.5 Å². The second-order valence-corrected chi connectivity index (χ2v) is 4.90. The Hall–Kier alpha value is -0.960. The van der Waals surface area contributed by atoms with Crippen molar-refractivity contribution in [3.63, 3.8) is 0 Å². The zero-order chi connectivity index (χ0) is 10.0. The van der Waals surface area contributed by atoms with Crippen LogP contribution >= 0.6 is 0 Å². The van der Waals surface area contributed by atoms with E-state index in [4.69, 9.17) is 0 Å². The normalized spacial score (nSPS) is 20.4. The molecule has 14 heavy (non-hydrogen) atoms. The van der Waals surface area contributed by atoms with Gasteiger partial charge in [-0.1, -0.05) is 13.8 Å². The maximum Gasteiger partial charge on any atom is 0.115 e. The monoisotopic (exact) mass is 191 g/mol. The fraction of sp³-hybridized carbons (Fsp3) is 0.636. The van der Waals surface area contributed by atoms with Crippen molar-refractivity contribution in [1.82, 2.24) is 15.3 Å². The molecule has 0 unspecified atom stereocenters. The van der Waals surface area contributed by atoms with Crippen LogP contribution in [0.2, 0.25) is 0 Å². The zero-order valence-electron chi connectivity index (χ0n) is 8.83. The minimum atomic E-state index is 0.546. The molecule has 1 saturated carbocycles. The lowest BCUT2D eigenvalue weighted by Crippen LogP contribution is -2.45. The molecule has 0 aliphatic heterocycles. The first-order chi connectivity index (χ1) is 6.66. The maximum absolute atomic E-state index is 3.98. The van der Waals surface area contributed by atoms with Crippen molar-refractivity contribution >= 4 is 0 Å². The van der Waals surface area contributed by atoms with Gasteiger partial charge in [-0.3, -0.25) is 0 Å². The molecule has 1 aliphatic carbocycles. The Kier molecular flexibility index (Phi) is 2.50. The van der Waals surface area contributed by atoms with Crippen LogP contribution in [0.15, 0.2) is 18.7 Å². The maximum atomic E-state index is 3.98. The van der Waals surface area contributed by atoms with Gasteiger partial charge in [0.2, 0.25) is 0 Å². The highest BCUT2D eigenvalue weighted by atomic mass is 14.9. The average molecular weight is 191 g/mol. The van der Waals surface area contributed by atoms with E-state index in [2.05, 4.69) is 29.1 Å². The molecule has 0 amide bonds. The molecular formula is C11H17N3. The molecule has 0 saturated heterocycles. The van der Waals surface area contributed by atoms with Gasteiger partial charge in [0.15, 0.2) is 0 Å². The Labute approximate surface area is 85.0 Å². The average Bonchev–Trinajstić information content (AvgIpc) is 2.13. The van der Waals surface area contributed by atoms with Crippen LogP contribution in [-0.4, -0.2) is 16.0 Å². The van der Waals surface area contributed by atoms with Gasteiger partial charge in [0.05, 0.1) is 0 Å². The van der Waals surface area contributed by atoms with Crippen LogP contribution in [0, 0.1) is 5.41 Å². The summed E-state index contributed by atoms with van der Waals surface area (Å²) in [7, 11) is 0. The number of aromatic nitrogens is 2. The molecule has 2 rings (SSSR count). The molecule has 1 aromatic heterocycles. The highest BCUT2D eigenvalue weighted by Crippen LogP contribution is 2.39. The summed E-state index contributed by atoms with van der Waals surface area (Å²) >= 11 is 0. The van der Waals surface area contributed by atoms with Crippen molar-refractivity contribution < 1.29 is 0 Å². The van der Waals surface area contributed by atoms with Gasteiger partial charge >= 0.3 is 0 Å². The van der Waals surface area contributed by atoms with Crippen molar-refractivity contribution in [1.29, 1.82) is 0 Å². The van der Waals surface area contributed by atoms with Crippen molar-refractivity contribution in [2.24, 2.45) is 5.41 Å². The molecule has 1 N–H and O–H groups in total. The largest absolute Gasteiger partial charge is 0.310 e. The summed E-state index contributed by atoms with van der Waals surface area (Å²) in [6.07, 6.45) is 7.85. The van der Waals surface area contributed by atoms with Gasteiger partial charge in [0.25, 0.3) is 0 Å². The number of rotatable bonds is 3. The molecule has 3 nitrogen and oxygen atoms in total. The van der Waals surface area contributed by atoms with Crippen LogP contribution in [0.4, 0.5) is 0 Å². The first-order valence-corrected chi connectivity index (χ1v) is 5.13. The van der Waals surface area contributed by atoms with E-state index >= 15 is 0 Å². The Balaban J connectivity index is 1.75. The summed E-state index contributed by atoms with van der Waals surface area (Å²) in [5.74, 6) is 0. The third-order valence-corrected chi connectivity index (χ3v) is 2.81. The molecule has 0 bridgehead atoms. The Morgan fingerprint density at radius 3 is 2.57 bits per heavy atom. The molecule has 0 atom stereocenters. The lowest BCUT2D eigenvalue weighted by atomic mass is 9.68. The first kappa shape index (κ1) is 9.59. The van der Waals surface area contributed by atoms with Crippen LogP contribution in [0.25, 0.3) is 0 Å². The molecule has 0 aromatic carbocycles.